The van der Waals surface area contributed by atoms with Crippen molar-refractivity contribution in [2.24, 2.45) is 0 Å². The number of aromatic amines is 1. The zero-order valence-electron chi connectivity index (χ0n) is 11.8. The van der Waals surface area contributed by atoms with Gasteiger partial charge in [0, 0.05) is 11.6 Å². The van der Waals surface area contributed by atoms with Crippen LogP contribution in [-0.2, 0) is 0 Å². The molecule has 0 atom stereocenters. The maximum atomic E-state index is 4.86. The molecule has 3 aromatic rings. The van der Waals surface area contributed by atoms with Crippen LogP contribution >= 0.6 is 0 Å². The maximum Gasteiger partial charge on any atom is 0.140 e. The van der Waals surface area contributed by atoms with Gasteiger partial charge in [-0.3, -0.25) is 0 Å². The van der Waals surface area contributed by atoms with Gasteiger partial charge in [0.25, 0.3) is 0 Å². The Morgan fingerprint density at radius 1 is 0.952 bits per heavy atom. The summed E-state index contributed by atoms with van der Waals surface area (Å²) < 4.78 is 0. The number of H-pyrrole nitrogens is 1. The third-order valence-corrected chi connectivity index (χ3v) is 4.86. The van der Waals surface area contributed by atoms with Gasteiger partial charge in [-0.25, -0.2) is 4.98 Å². The molecule has 0 saturated heterocycles. The van der Waals surface area contributed by atoms with Gasteiger partial charge in [-0.05, 0) is 37.1 Å². The number of nitrogens with one attached hydrogen (secondary N) is 1. The molecule has 1 aliphatic heterocycles. The summed E-state index contributed by atoms with van der Waals surface area (Å²) >= 11 is 0. The van der Waals surface area contributed by atoms with E-state index in [9.17, 15) is 0 Å². The summed E-state index contributed by atoms with van der Waals surface area (Å²) in [6.45, 7) is 0. The highest BCUT2D eigenvalue weighted by Crippen LogP contribution is 2.44. The van der Waals surface area contributed by atoms with Gasteiger partial charge in [-0.2, -0.15) is 0 Å². The molecule has 2 heterocycles. The molecule has 3 nitrogen and oxygen atoms in total. The van der Waals surface area contributed by atoms with Crippen LogP contribution in [0.1, 0.15) is 25.7 Å². The molecule has 1 saturated carbocycles. The largest absolute Gasteiger partial charge is 0.338 e. The number of para-hydroxylation sites is 2. The number of nitrogens with zero attached hydrogens (tertiary/aromatic N) is 2. The molecule has 5 rings (SSSR count). The first-order valence-corrected chi connectivity index (χ1v) is 7.79. The second kappa shape index (κ2) is 4.10. The minimum atomic E-state index is 0.604. The van der Waals surface area contributed by atoms with E-state index in [2.05, 4.69) is 52.3 Å². The number of hydrogen-bond donors (Lipinski definition) is 1. The maximum absolute atomic E-state index is 4.86. The van der Waals surface area contributed by atoms with Crippen LogP contribution in [0.5, 0.6) is 0 Å². The fraction of sp³-hybridized carbons (Fsp3) is 0.278. The summed E-state index contributed by atoms with van der Waals surface area (Å²) in [5.41, 5.74) is 6.02. The number of aromatic nitrogens is 2. The van der Waals surface area contributed by atoms with Gasteiger partial charge in [-0.15, -0.1) is 0 Å². The smallest absolute Gasteiger partial charge is 0.140 e. The Balaban J connectivity index is 1.85. The van der Waals surface area contributed by atoms with Gasteiger partial charge in [0.05, 0.1) is 16.9 Å². The predicted octanol–water partition coefficient (Wildman–Crippen LogP) is 4.62. The SMILES string of the molecule is c1ccc2c(c1)-c1nc3c(cccc3[nH]1)N2C1CCCC1. The Morgan fingerprint density at radius 3 is 2.67 bits per heavy atom. The molecular weight excluding hydrogens is 258 g/mol. The number of rotatable bonds is 1. The molecule has 2 aromatic carbocycles. The summed E-state index contributed by atoms with van der Waals surface area (Å²) in [5.74, 6) is 0.994. The van der Waals surface area contributed by atoms with E-state index in [0.29, 0.717) is 6.04 Å². The minimum Gasteiger partial charge on any atom is -0.338 e. The van der Waals surface area contributed by atoms with Crippen molar-refractivity contribution >= 4 is 22.4 Å². The van der Waals surface area contributed by atoms with Crippen LogP contribution in [0.2, 0.25) is 0 Å². The molecule has 21 heavy (non-hydrogen) atoms. The molecule has 104 valence electrons. The number of anilines is 2. The molecular formula is C18H17N3. The lowest BCUT2D eigenvalue weighted by atomic mass is 10.1. The van der Waals surface area contributed by atoms with Crippen LogP contribution in [0, 0.1) is 0 Å². The van der Waals surface area contributed by atoms with E-state index in [1.54, 1.807) is 0 Å². The van der Waals surface area contributed by atoms with Crippen molar-refractivity contribution in [3.05, 3.63) is 42.5 Å². The van der Waals surface area contributed by atoms with Crippen molar-refractivity contribution in [2.45, 2.75) is 31.7 Å². The van der Waals surface area contributed by atoms with Crippen molar-refractivity contribution < 1.29 is 0 Å². The summed E-state index contributed by atoms with van der Waals surface area (Å²) in [4.78, 5) is 10.9. The third-order valence-electron chi connectivity index (χ3n) is 4.86. The van der Waals surface area contributed by atoms with Crippen molar-refractivity contribution in [3.63, 3.8) is 0 Å². The van der Waals surface area contributed by atoms with Crippen LogP contribution < -0.4 is 4.90 Å². The number of fused-ring (bicyclic) bond motifs is 3. The molecule has 0 spiro atoms. The fourth-order valence-electron chi connectivity index (χ4n) is 3.91. The molecule has 0 amide bonds. The number of hydrogen-bond acceptors (Lipinski definition) is 2. The molecule has 1 N–H and O–H groups in total. The van der Waals surface area contributed by atoms with Gasteiger partial charge in [0.1, 0.15) is 11.3 Å². The van der Waals surface area contributed by atoms with Crippen LogP contribution in [-0.4, -0.2) is 16.0 Å². The molecule has 1 aliphatic carbocycles. The lowest BCUT2D eigenvalue weighted by Gasteiger charge is -2.32. The Hall–Kier alpha value is -2.29. The Morgan fingerprint density at radius 2 is 1.76 bits per heavy atom. The predicted molar refractivity (Wildman–Crippen MR) is 85.9 cm³/mol. The van der Waals surface area contributed by atoms with Gasteiger partial charge in [-0.1, -0.05) is 31.0 Å². The standard InChI is InChI=1S/C18H17N3/c1-2-7-12(6-1)21-15-10-4-3-8-13(15)18-19-14-9-5-11-16(21)17(14)20-18/h3-5,8-12H,1-2,6-7H2,(H,19,20). The highest BCUT2D eigenvalue weighted by atomic mass is 15.2. The van der Waals surface area contributed by atoms with Crippen LogP contribution in [0.15, 0.2) is 42.5 Å². The Labute approximate surface area is 123 Å². The lowest BCUT2D eigenvalue weighted by molar-refractivity contribution is 0.679. The normalized spacial score (nSPS) is 17.4. The summed E-state index contributed by atoms with van der Waals surface area (Å²) in [7, 11) is 0. The molecule has 2 aliphatic rings. The minimum absolute atomic E-state index is 0.604. The summed E-state index contributed by atoms with van der Waals surface area (Å²) in [6.07, 6.45) is 5.23. The van der Waals surface area contributed by atoms with E-state index >= 15 is 0 Å². The number of imidazole rings is 1. The van der Waals surface area contributed by atoms with E-state index in [1.807, 2.05) is 0 Å². The lowest BCUT2D eigenvalue weighted by Crippen LogP contribution is -2.28. The molecule has 0 radical (unpaired) electrons. The average Bonchev–Trinajstić information content (AvgIpc) is 3.15. The Bertz CT molecular complexity index is 827. The van der Waals surface area contributed by atoms with E-state index in [4.69, 9.17) is 4.98 Å². The van der Waals surface area contributed by atoms with Crippen LogP contribution in [0.3, 0.4) is 0 Å². The van der Waals surface area contributed by atoms with Crippen molar-refractivity contribution in [2.75, 3.05) is 4.90 Å². The van der Waals surface area contributed by atoms with E-state index in [1.165, 1.54) is 42.6 Å². The molecule has 1 aromatic heterocycles. The van der Waals surface area contributed by atoms with Crippen LogP contribution in [0.4, 0.5) is 11.4 Å². The summed E-state index contributed by atoms with van der Waals surface area (Å²) in [5, 5.41) is 0. The topological polar surface area (TPSA) is 31.9 Å². The second-order valence-corrected chi connectivity index (χ2v) is 6.08. The third kappa shape index (κ3) is 1.52. The monoisotopic (exact) mass is 275 g/mol. The highest BCUT2D eigenvalue weighted by Gasteiger charge is 2.30. The Kier molecular flexibility index (Phi) is 2.22. The average molecular weight is 275 g/mol. The zero-order chi connectivity index (χ0) is 13.8. The van der Waals surface area contributed by atoms with Crippen molar-refractivity contribution in [3.8, 4) is 11.4 Å². The van der Waals surface area contributed by atoms with E-state index < -0.39 is 0 Å². The quantitative estimate of drug-likeness (QED) is 0.702. The van der Waals surface area contributed by atoms with Crippen molar-refractivity contribution in [1.29, 1.82) is 0 Å². The van der Waals surface area contributed by atoms with Gasteiger partial charge in [0.15, 0.2) is 0 Å². The zero-order valence-corrected chi connectivity index (χ0v) is 11.8. The van der Waals surface area contributed by atoms with E-state index in [0.717, 1.165) is 16.9 Å². The van der Waals surface area contributed by atoms with E-state index in [-0.39, 0.29) is 0 Å². The second-order valence-electron chi connectivity index (χ2n) is 6.08. The molecule has 2 bridgehead atoms. The fourth-order valence-corrected chi connectivity index (χ4v) is 3.91. The molecule has 0 unspecified atom stereocenters. The van der Waals surface area contributed by atoms with Crippen LogP contribution in [0.25, 0.3) is 22.4 Å². The summed E-state index contributed by atoms with van der Waals surface area (Å²) in [6, 6.07) is 15.7. The highest BCUT2D eigenvalue weighted by molar-refractivity contribution is 5.98. The first-order valence-electron chi connectivity index (χ1n) is 7.79. The van der Waals surface area contributed by atoms with Gasteiger partial charge >= 0.3 is 0 Å². The van der Waals surface area contributed by atoms with Gasteiger partial charge in [0.2, 0.25) is 0 Å². The molecule has 3 heteroatoms. The van der Waals surface area contributed by atoms with Gasteiger partial charge < -0.3 is 9.88 Å². The van der Waals surface area contributed by atoms with Crippen molar-refractivity contribution in [1.82, 2.24) is 9.97 Å². The number of benzene rings is 2. The molecule has 1 fully saturated rings. The first-order chi connectivity index (χ1) is 10.4. The first kappa shape index (κ1) is 11.4.